The van der Waals surface area contributed by atoms with Gasteiger partial charge in [-0.25, -0.2) is 4.79 Å². The van der Waals surface area contributed by atoms with Gasteiger partial charge in [-0.15, -0.1) is 11.3 Å². The quantitative estimate of drug-likeness (QED) is 0.812. The summed E-state index contributed by atoms with van der Waals surface area (Å²) in [5, 5.41) is 3.22. The summed E-state index contributed by atoms with van der Waals surface area (Å²) in [5.74, 6) is -0.372. The van der Waals surface area contributed by atoms with Gasteiger partial charge in [0.25, 0.3) is 5.91 Å². The Kier molecular flexibility index (Phi) is 5.13. The standard InChI is InChI=1S/C18H23NO5S/c1-9-4-5-11-13(6-9)25-16(15(11)18(22)23-3)19-14(20)8-24-17(21)12-7-10(12)2/h9-10,12H,4-8H2,1-3H3,(H,19,20)/t9-,10-,12-/m0/s1. The van der Waals surface area contributed by atoms with E-state index >= 15 is 0 Å². The number of thiophene rings is 1. The third-order valence-corrected chi connectivity index (χ3v) is 6.08. The highest BCUT2D eigenvalue weighted by Crippen LogP contribution is 2.40. The number of anilines is 1. The molecule has 0 spiro atoms. The van der Waals surface area contributed by atoms with Crippen molar-refractivity contribution in [2.75, 3.05) is 19.0 Å². The van der Waals surface area contributed by atoms with Gasteiger partial charge in [0.05, 0.1) is 18.6 Å². The molecule has 1 fully saturated rings. The highest BCUT2D eigenvalue weighted by molar-refractivity contribution is 7.17. The molecule has 0 unspecified atom stereocenters. The van der Waals surface area contributed by atoms with Crippen LogP contribution in [0.3, 0.4) is 0 Å². The van der Waals surface area contributed by atoms with E-state index < -0.39 is 11.9 Å². The van der Waals surface area contributed by atoms with Crippen molar-refractivity contribution in [3.8, 4) is 0 Å². The topological polar surface area (TPSA) is 81.7 Å². The molecule has 0 bridgehead atoms. The van der Waals surface area contributed by atoms with Crippen molar-refractivity contribution in [1.29, 1.82) is 0 Å². The van der Waals surface area contributed by atoms with E-state index in [-0.39, 0.29) is 18.5 Å². The maximum Gasteiger partial charge on any atom is 0.341 e. The van der Waals surface area contributed by atoms with Crippen molar-refractivity contribution in [2.45, 2.75) is 39.5 Å². The van der Waals surface area contributed by atoms with Crippen molar-refractivity contribution < 1.29 is 23.9 Å². The van der Waals surface area contributed by atoms with Crippen LogP contribution in [-0.4, -0.2) is 31.6 Å². The van der Waals surface area contributed by atoms with Gasteiger partial charge in [0.2, 0.25) is 0 Å². The maximum atomic E-state index is 12.2. The van der Waals surface area contributed by atoms with Gasteiger partial charge in [-0.3, -0.25) is 9.59 Å². The molecule has 2 aliphatic rings. The molecule has 1 aromatic heterocycles. The second-order valence-corrected chi connectivity index (χ2v) is 8.13. The van der Waals surface area contributed by atoms with Crippen molar-refractivity contribution in [3.63, 3.8) is 0 Å². The average Bonchev–Trinajstić information content (AvgIpc) is 3.20. The van der Waals surface area contributed by atoms with Gasteiger partial charge < -0.3 is 14.8 Å². The number of rotatable bonds is 5. The third-order valence-electron chi connectivity index (χ3n) is 4.91. The lowest BCUT2D eigenvalue weighted by Crippen LogP contribution is -2.22. The number of hydrogen-bond donors (Lipinski definition) is 1. The molecule has 0 saturated heterocycles. The van der Waals surface area contributed by atoms with Crippen molar-refractivity contribution >= 4 is 34.2 Å². The van der Waals surface area contributed by atoms with Crippen LogP contribution in [0.2, 0.25) is 0 Å². The predicted molar refractivity (Wildman–Crippen MR) is 93.7 cm³/mol. The third kappa shape index (κ3) is 3.86. The van der Waals surface area contributed by atoms with E-state index in [0.29, 0.717) is 22.4 Å². The Hall–Kier alpha value is -1.89. The largest absolute Gasteiger partial charge is 0.465 e. The Labute approximate surface area is 150 Å². The smallest absolute Gasteiger partial charge is 0.341 e. The Morgan fingerprint density at radius 2 is 2.00 bits per heavy atom. The fourth-order valence-electron chi connectivity index (χ4n) is 3.21. The zero-order valence-electron chi connectivity index (χ0n) is 14.7. The lowest BCUT2D eigenvalue weighted by atomic mass is 9.88. The van der Waals surface area contributed by atoms with Crippen LogP contribution in [0.5, 0.6) is 0 Å². The normalized spacial score (nSPS) is 24.2. The van der Waals surface area contributed by atoms with E-state index in [1.165, 1.54) is 18.4 Å². The Morgan fingerprint density at radius 1 is 1.28 bits per heavy atom. The number of esters is 2. The van der Waals surface area contributed by atoms with Gasteiger partial charge in [0.1, 0.15) is 5.00 Å². The minimum atomic E-state index is -0.439. The van der Waals surface area contributed by atoms with Crippen LogP contribution in [0.15, 0.2) is 0 Å². The Balaban J connectivity index is 1.69. The van der Waals surface area contributed by atoms with Crippen LogP contribution in [0.4, 0.5) is 5.00 Å². The van der Waals surface area contributed by atoms with Crippen molar-refractivity contribution in [2.24, 2.45) is 17.8 Å². The molecular formula is C18H23NO5S. The van der Waals surface area contributed by atoms with Crippen LogP contribution in [-0.2, 0) is 31.9 Å². The molecule has 3 atom stereocenters. The number of ether oxygens (including phenoxy) is 2. The lowest BCUT2D eigenvalue weighted by molar-refractivity contribution is -0.148. The van der Waals surface area contributed by atoms with E-state index in [4.69, 9.17) is 9.47 Å². The number of hydrogen-bond acceptors (Lipinski definition) is 6. The molecule has 7 heteroatoms. The molecule has 1 heterocycles. The van der Waals surface area contributed by atoms with E-state index in [0.717, 1.165) is 36.1 Å². The number of nitrogens with one attached hydrogen (secondary N) is 1. The van der Waals surface area contributed by atoms with Crippen LogP contribution in [0.1, 0.15) is 47.5 Å². The van der Waals surface area contributed by atoms with Gasteiger partial charge in [-0.05, 0) is 43.1 Å². The van der Waals surface area contributed by atoms with Crippen molar-refractivity contribution in [1.82, 2.24) is 0 Å². The first kappa shape index (κ1) is 17.9. The molecule has 1 aromatic rings. The molecule has 1 amide bonds. The first-order chi connectivity index (χ1) is 11.9. The summed E-state index contributed by atoms with van der Waals surface area (Å²) in [7, 11) is 1.34. The van der Waals surface area contributed by atoms with Gasteiger partial charge >= 0.3 is 11.9 Å². The molecule has 1 saturated carbocycles. The fourth-order valence-corrected chi connectivity index (χ4v) is 4.63. The SMILES string of the molecule is COC(=O)c1c(NC(=O)COC(=O)[C@H]2C[C@@H]2C)sc2c1CC[C@H](C)C2. The molecule has 1 N–H and O–H groups in total. The summed E-state index contributed by atoms with van der Waals surface area (Å²) >= 11 is 1.42. The fraction of sp³-hybridized carbons (Fsp3) is 0.611. The van der Waals surface area contributed by atoms with Crippen LogP contribution < -0.4 is 5.32 Å². The average molecular weight is 365 g/mol. The lowest BCUT2D eigenvalue weighted by Gasteiger charge is -2.18. The number of carbonyl (C=O) groups excluding carboxylic acids is 3. The molecule has 2 aliphatic carbocycles. The van der Waals surface area contributed by atoms with Crippen molar-refractivity contribution in [3.05, 3.63) is 16.0 Å². The van der Waals surface area contributed by atoms with Crippen LogP contribution in [0, 0.1) is 17.8 Å². The van der Waals surface area contributed by atoms with Gasteiger partial charge in [-0.2, -0.15) is 0 Å². The Morgan fingerprint density at radius 3 is 2.64 bits per heavy atom. The molecule has 25 heavy (non-hydrogen) atoms. The first-order valence-corrected chi connectivity index (χ1v) is 9.41. The van der Waals surface area contributed by atoms with Crippen LogP contribution in [0.25, 0.3) is 0 Å². The van der Waals surface area contributed by atoms with Gasteiger partial charge in [-0.1, -0.05) is 13.8 Å². The monoisotopic (exact) mass is 365 g/mol. The van der Waals surface area contributed by atoms with E-state index in [9.17, 15) is 14.4 Å². The number of amides is 1. The zero-order chi connectivity index (χ0) is 18.1. The minimum absolute atomic E-state index is 0.0750. The molecular weight excluding hydrogens is 342 g/mol. The van der Waals surface area contributed by atoms with E-state index in [2.05, 4.69) is 12.2 Å². The summed E-state index contributed by atoms with van der Waals surface area (Å²) < 4.78 is 9.94. The molecule has 0 aliphatic heterocycles. The second-order valence-electron chi connectivity index (χ2n) is 7.02. The number of methoxy groups -OCH3 is 1. The van der Waals surface area contributed by atoms with Gasteiger partial charge in [0, 0.05) is 4.88 Å². The predicted octanol–water partition coefficient (Wildman–Crippen LogP) is 2.80. The molecule has 0 radical (unpaired) electrons. The molecule has 0 aromatic carbocycles. The summed E-state index contributed by atoms with van der Waals surface area (Å²) in [5.41, 5.74) is 1.43. The highest BCUT2D eigenvalue weighted by Gasteiger charge is 2.40. The van der Waals surface area contributed by atoms with E-state index in [1.54, 1.807) is 0 Å². The Bertz CT molecular complexity index is 711. The van der Waals surface area contributed by atoms with Gasteiger partial charge in [0.15, 0.2) is 6.61 Å². The van der Waals surface area contributed by atoms with Crippen LogP contribution >= 0.6 is 11.3 Å². The molecule has 136 valence electrons. The number of fused-ring (bicyclic) bond motifs is 1. The minimum Gasteiger partial charge on any atom is -0.465 e. The molecule has 6 nitrogen and oxygen atoms in total. The first-order valence-electron chi connectivity index (χ1n) is 8.60. The highest BCUT2D eigenvalue weighted by atomic mass is 32.1. The molecule has 3 rings (SSSR count). The summed E-state index contributed by atoms with van der Waals surface area (Å²) in [4.78, 5) is 37.2. The summed E-state index contributed by atoms with van der Waals surface area (Å²) in [6, 6.07) is 0. The second kappa shape index (κ2) is 7.15. The van der Waals surface area contributed by atoms with E-state index in [1.807, 2.05) is 6.92 Å². The zero-order valence-corrected chi connectivity index (χ0v) is 15.5. The summed E-state index contributed by atoms with van der Waals surface area (Å²) in [6.45, 7) is 3.82. The maximum absolute atomic E-state index is 12.2. The summed E-state index contributed by atoms with van der Waals surface area (Å²) in [6.07, 6.45) is 3.54. The number of carbonyl (C=O) groups is 3.